The first kappa shape index (κ1) is 14.4. The van der Waals surface area contributed by atoms with Gasteiger partial charge in [0.2, 0.25) is 5.91 Å². The Morgan fingerprint density at radius 3 is 2.60 bits per heavy atom. The lowest BCUT2D eigenvalue weighted by Crippen LogP contribution is -2.22. The van der Waals surface area contributed by atoms with E-state index in [1.54, 1.807) is 25.3 Å². The number of primary amides is 1. The summed E-state index contributed by atoms with van der Waals surface area (Å²) in [5, 5.41) is 0. The molecule has 2 N–H and O–H groups in total. The molecule has 108 valence electrons. The summed E-state index contributed by atoms with van der Waals surface area (Å²) in [6.45, 7) is 0. The molecule has 0 heterocycles. The SMILES string of the molecule is COc1ccc(C(C=O)C(N)=O)cc1OC1CCCC1. The summed E-state index contributed by atoms with van der Waals surface area (Å²) < 4.78 is 11.2. The lowest BCUT2D eigenvalue weighted by atomic mass is 9.99. The second-order valence-electron chi connectivity index (χ2n) is 4.95. The van der Waals surface area contributed by atoms with Crippen molar-refractivity contribution < 1.29 is 19.1 Å². The molecule has 0 spiro atoms. The van der Waals surface area contributed by atoms with Gasteiger partial charge in [0, 0.05) is 0 Å². The average Bonchev–Trinajstić information content (AvgIpc) is 2.92. The van der Waals surface area contributed by atoms with Crippen LogP contribution < -0.4 is 15.2 Å². The molecule has 5 heteroatoms. The molecule has 1 fully saturated rings. The Bertz CT molecular complexity index is 495. The van der Waals surface area contributed by atoms with Gasteiger partial charge in [-0.2, -0.15) is 0 Å². The Labute approximate surface area is 118 Å². The molecule has 1 aromatic carbocycles. The molecule has 20 heavy (non-hydrogen) atoms. The summed E-state index contributed by atoms with van der Waals surface area (Å²) >= 11 is 0. The number of carbonyl (C=O) groups is 2. The number of aldehydes is 1. The number of amides is 1. The van der Waals surface area contributed by atoms with E-state index in [1.165, 1.54) is 0 Å². The van der Waals surface area contributed by atoms with Crippen LogP contribution in [-0.4, -0.2) is 25.4 Å². The van der Waals surface area contributed by atoms with Crippen molar-refractivity contribution in [3.8, 4) is 11.5 Å². The third-order valence-electron chi connectivity index (χ3n) is 3.59. The fourth-order valence-corrected chi connectivity index (χ4v) is 2.47. The number of ether oxygens (including phenoxy) is 2. The van der Waals surface area contributed by atoms with E-state index in [-0.39, 0.29) is 6.10 Å². The molecule has 5 nitrogen and oxygen atoms in total. The van der Waals surface area contributed by atoms with E-state index in [0.29, 0.717) is 23.3 Å². The van der Waals surface area contributed by atoms with Crippen LogP contribution in [0, 0.1) is 0 Å². The van der Waals surface area contributed by atoms with Crippen molar-refractivity contribution in [2.45, 2.75) is 37.7 Å². The van der Waals surface area contributed by atoms with Gasteiger partial charge in [0.25, 0.3) is 0 Å². The minimum Gasteiger partial charge on any atom is -0.493 e. The molecule has 1 atom stereocenters. The Kier molecular flexibility index (Phi) is 4.61. The third-order valence-corrected chi connectivity index (χ3v) is 3.59. The highest BCUT2D eigenvalue weighted by Crippen LogP contribution is 2.33. The number of hydrogen-bond donors (Lipinski definition) is 1. The smallest absolute Gasteiger partial charge is 0.232 e. The normalized spacial score (nSPS) is 16.6. The van der Waals surface area contributed by atoms with Crippen molar-refractivity contribution in [1.29, 1.82) is 0 Å². The van der Waals surface area contributed by atoms with E-state index in [1.807, 2.05) is 0 Å². The van der Waals surface area contributed by atoms with Crippen molar-refractivity contribution >= 4 is 12.2 Å². The summed E-state index contributed by atoms with van der Waals surface area (Å²) in [6.07, 6.45) is 5.06. The van der Waals surface area contributed by atoms with E-state index < -0.39 is 11.8 Å². The standard InChI is InChI=1S/C15H19NO4/c1-19-13-7-6-10(12(9-17)15(16)18)8-14(13)20-11-4-2-3-5-11/h6-9,11-12H,2-5H2,1H3,(H2,16,18). The number of nitrogens with two attached hydrogens (primary N) is 1. The number of benzene rings is 1. The quantitative estimate of drug-likeness (QED) is 0.635. The number of rotatable bonds is 6. The number of hydrogen-bond acceptors (Lipinski definition) is 4. The second-order valence-corrected chi connectivity index (χ2v) is 4.95. The van der Waals surface area contributed by atoms with Crippen molar-refractivity contribution in [1.82, 2.24) is 0 Å². The van der Waals surface area contributed by atoms with Crippen LogP contribution in [0.25, 0.3) is 0 Å². The molecule has 1 aromatic rings. The van der Waals surface area contributed by atoms with Gasteiger partial charge in [-0.1, -0.05) is 6.07 Å². The highest BCUT2D eigenvalue weighted by Gasteiger charge is 2.22. The van der Waals surface area contributed by atoms with Crippen molar-refractivity contribution in [3.63, 3.8) is 0 Å². The Morgan fingerprint density at radius 1 is 1.35 bits per heavy atom. The van der Waals surface area contributed by atoms with Crippen LogP contribution in [0.2, 0.25) is 0 Å². The van der Waals surface area contributed by atoms with Gasteiger partial charge in [-0.3, -0.25) is 4.79 Å². The van der Waals surface area contributed by atoms with Gasteiger partial charge in [0.15, 0.2) is 11.5 Å². The van der Waals surface area contributed by atoms with Gasteiger partial charge in [0.1, 0.15) is 12.2 Å². The highest BCUT2D eigenvalue weighted by atomic mass is 16.5. The van der Waals surface area contributed by atoms with Gasteiger partial charge < -0.3 is 20.0 Å². The fourth-order valence-electron chi connectivity index (χ4n) is 2.47. The minimum absolute atomic E-state index is 0.169. The second kappa shape index (κ2) is 6.41. The van der Waals surface area contributed by atoms with Gasteiger partial charge in [-0.15, -0.1) is 0 Å². The average molecular weight is 277 g/mol. The maximum atomic E-state index is 11.3. The summed E-state index contributed by atoms with van der Waals surface area (Å²) in [4.78, 5) is 22.2. The third kappa shape index (κ3) is 3.10. The van der Waals surface area contributed by atoms with Gasteiger partial charge >= 0.3 is 0 Å². The van der Waals surface area contributed by atoms with Crippen LogP contribution in [-0.2, 0) is 9.59 Å². The summed E-state index contributed by atoms with van der Waals surface area (Å²) in [6, 6.07) is 5.02. The predicted octanol–water partition coefficient (Wildman–Crippen LogP) is 1.78. The van der Waals surface area contributed by atoms with E-state index in [9.17, 15) is 9.59 Å². The molecule has 0 radical (unpaired) electrons. The maximum Gasteiger partial charge on any atom is 0.232 e. The van der Waals surface area contributed by atoms with E-state index >= 15 is 0 Å². The first-order valence-corrected chi connectivity index (χ1v) is 6.75. The van der Waals surface area contributed by atoms with Crippen LogP contribution in [0.5, 0.6) is 11.5 Å². The Balaban J connectivity index is 2.27. The molecule has 0 aliphatic heterocycles. The van der Waals surface area contributed by atoms with Crippen molar-refractivity contribution in [2.75, 3.05) is 7.11 Å². The first-order chi connectivity index (χ1) is 9.65. The minimum atomic E-state index is -0.952. The summed E-state index contributed by atoms with van der Waals surface area (Å²) in [5.74, 6) is -0.469. The van der Waals surface area contributed by atoms with Gasteiger partial charge in [0.05, 0.1) is 13.2 Å². The zero-order valence-corrected chi connectivity index (χ0v) is 11.5. The molecular weight excluding hydrogens is 258 g/mol. The highest BCUT2D eigenvalue weighted by molar-refractivity contribution is 5.96. The molecule has 0 saturated heterocycles. The summed E-state index contributed by atoms with van der Waals surface area (Å²) in [5.41, 5.74) is 5.75. The van der Waals surface area contributed by atoms with Crippen LogP contribution in [0.15, 0.2) is 18.2 Å². The Hall–Kier alpha value is -2.04. The van der Waals surface area contributed by atoms with E-state index in [0.717, 1.165) is 25.7 Å². The molecule has 0 aromatic heterocycles. The maximum absolute atomic E-state index is 11.3. The van der Waals surface area contributed by atoms with Crippen LogP contribution in [0.4, 0.5) is 0 Å². The lowest BCUT2D eigenvalue weighted by molar-refractivity contribution is -0.123. The van der Waals surface area contributed by atoms with Gasteiger partial charge in [-0.25, -0.2) is 0 Å². The lowest BCUT2D eigenvalue weighted by Gasteiger charge is -2.17. The molecule has 1 aliphatic carbocycles. The van der Waals surface area contributed by atoms with Crippen LogP contribution >= 0.6 is 0 Å². The Morgan fingerprint density at radius 2 is 2.05 bits per heavy atom. The van der Waals surface area contributed by atoms with E-state index in [2.05, 4.69) is 0 Å². The molecule has 1 aliphatic rings. The largest absolute Gasteiger partial charge is 0.493 e. The van der Waals surface area contributed by atoms with Crippen molar-refractivity contribution in [2.24, 2.45) is 5.73 Å². The molecule has 1 unspecified atom stereocenters. The van der Waals surface area contributed by atoms with E-state index in [4.69, 9.17) is 15.2 Å². The predicted molar refractivity (Wildman–Crippen MR) is 73.9 cm³/mol. The van der Waals surface area contributed by atoms with Crippen LogP contribution in [0.3, 0.4) is 0 Å². The number of methoxy groups -OCH3 is 1. The topological polar surface area (TPSA) is 78.6 Å². The summed E-state index contributed by atoms with van der Waals surface area (Å²) in [7, 11) is 1.56. The molecule has 2 rings (SSSR count). The fraction of sp³-hybridized carbons (Fsp3) is 0.467. The monoisotopic (exact) mass is 277 g/mol. The van der Waals surface area contributed by atoms with Crippen molar-refractivity contribution in [3.05, 3.63) is 23.8 Å². The first-order valence-electron chi connectivity index (χ1n) is 6.75. The molecule has 0 bridgehead atoms. The molecule has 1 saturated carbocycles. The number of carbonyl (C=O) groups excluding carboxylic acids is 2. The zero-order valence-electron chi connectivity index (χ0n) is 11.5. The van der Waals surface area contributed by atoms with Crippen LogP contribution in [0.1, 0.15) is 37.2 Å². The van der Waals surface area contributed by atoms with Gasteiger partial charge in [-0.05, 0) is 43.4 Å². The zero-order chi connectivity index (χ0) is 14.5. The molecular formula is C15H19NO4. The molecule has 1 amide bonds.